The number of ether oxygens (including phenoxy) is 1. The number of aromatic nitrogens is 2. The average molecular weight is 378 g/mol. The topological polar surface area (TPSA) is 100 Å². The molecule has 0 unspecified atom stereocenters. The van der Waals surface area contributed by atoms with E-state index in [1.807, 2.05) is 49.4 Å². The fraction of sp³-hybridized carbons (Fsp3) is 0.100. The van der Waals surface area contributed by atoms with Gasteiger partial charge in [0.05, 0.1) is 11.3 Å². The van der Waals surface area contributed by atoms with Crippen LogP contribution in [0.15, 0.2) is 59.1 Å². The second-order valence-corrected chi connectivity index (χ2v) is 7.29. The summed E-state index contributed by atoms with van der Waals surface area (Å²) in [6.45, 7) is 2.05. The van der Waals surface area contributed by atoms with Crippen molar-refractivity contribution in [1.82, 2.24) is 10.1 Å². The lowest BCUT2D eigenvalue weighted by atomic mass is 10.1. The van der Waals surface area contributed by atoms with Gasteiger partial charge in [-0.15, -0.1) is 11.3 Å². The zero-order valence-corrected chi connectivity index (χ0v) is 15.5. The van der Waals surface area contributed by atoms with E-state index >= 15 is 0 Å². The summed E-state index contributed by atoms with van der Waals surface area (Å²) in [6.07, 6.45) is 0.647. The smallest absolute Gasteiger partial charge is 0.181 e. The van der Waals surface area contributed by atoms with Crippen LogP contribution < -0.4 is 16.2 Å². The van der Waals surface area contributed by atoms with Crippen molar-refractivity contribution in [3.05, 3.63) is 70.7 Å². The lowest BCUT2D eigenvalue weighted by molar-refractivity contribution is 0.425. The minimum absolute atomic E-state index is 0.322. The molecule has 3 aromatic heterocycles. The number of thiophene rings is 1. The minimum atomic E-state index is 0.322. The highest BCUT2D eigenvalue weighted by molar-refractivity contribution is 7.13. The molecule has 0 atom stereocenters. The quantitative estimate of drug-likeness (QED) is 0.524. The zero-order chi connectivity index (χ0) is 18.8. The van der Waals surface area contributed by atoms with Gasteiger partial charge in [-0.1, -0.05) is 22.9 Å². The molecule has 0 aliphatic heterocycles. The SMILES string of the molecule is Cc1ccc(Oc2ccc(Cc3cc(-c4ccc(N)nc4N)on3)s2)cc1. The number of rotatable bonds is 5. The van der Waals surface area contributed by atoms with Crippen molar-refractivity contribution in [3.8, 4) is 22.1 Å². The Hall–Kier alpha value is -3.32. The largest absolute Gasteiger partial charge is 0.447 e. The molecule has 4 N–H and O–H groups in total. The molecule has 0 spiro atoms. The van der Waals surface area contributed by atoms with Crippen molar-refractivity contribution >= 4 is 23.0 Å². The Morgan fingerprint density at radius 1 is 1.04 bits per heavy atom. The molecule has 0 amide bonds. The van der Waals surface area contributed by atoms with Crippen molar-refractivity contribution in [2.75, 3.05) is 11.5 Å². The molecule has 136 valence electrons. The van der Waals surface area contributed by atoms with Gasteiger partial charge in [-0.05, 0) is 43.3 Å². The number of nitrogens with two attached hydrogens (primary N) is 2. The molecule has 6 nitrogen and oxygen atoms in total. The molecule has 7 heteroatoms. The second-order valence-electron chi connectivity index (χ2n) is 6.16. The number of aryl methyl sites for hydroxylation is 1. The van der Waals surface area contributed by atoms with Gasteiger partial charge in [-0.2, -0.15) is 0 Å². The van der Waals surface area contributed by atoms with Crippen molar-refractivity contribution in [2.45, 2.75) is 13.3 Å². The number of benzene rings is 1. The highest BCUT2D eigenvalue weighted by Gasteiger charge is 2.12. The summed E-state index contributed by atoms with van der Waals surface area (Å²) >= 11 is 1.58. The van der Waals surface area contributed by atoms with E-state index in [1.54, 1.807) is 23.5 Å². The number of hydrogen-bond donors (Lipinski definition) is 2. The Morgan fingerprint density at radius 2 is 1.85 bits per heavy atom. The molecule has 1 aromatic carbocycles. The molecular weight excluding hydrogens is 360 g/mol. The molecule has 4 aromatic rings. The Kier molecular flexibility index (Phi) is 4.52. The van der Waals surface area contributed by atoms with Crippen LogP contribution in [0.4, 0.5) is 11.6 Å². The maximum absolute atomic E-state index is 5.91. The summed E-state index contributed by atoms with van der Waals surface area (Å²) in [7, 11) is 0. The third kappa shape index (κ3) is 3.93. The van der Waals surface area contributed by atoms with E-state index in [1.165, 1.54) is 5.56 Å². The van der Waals surface area contributed by atoms with Crippen LogP contribution in [0.3, 0.4) is 0 Å². The predicted octanol–water partition coefficient (Wildman–Crippen LogP) is 4.65. The lowest BCUT2D eigenvalue weighted by Gasteiger charge is -2.02. The Labute approximate surface area is 160 Å². The molecule has 0 fully saturated rings. The predicted molar refractivity (Wildman–Crippen MR) is 107 cm³/mol. The third-order valence-corrected chi connectivity index (χ3v) is 4.97. The average Bonchev–Trinajstić information content (AvgIpc) is 3.27. The summed E-state index contributed by atoms with van der Waals surface area (Å²) in [5.41, 5.74) is 14.2. The van der Waals surface area contributed by atoms with Crippen LogP contribution in [0.1, 0.15) is 16.1 Å². The highest BCUT2D eigenvalue weighted by atomic mass is 32.1. The second kappa shape index (κ2) is 7.13. The van der Waals surface area contributed by atoms with Gasteiger partial charge in [0.25, 0.3) is 0 Å². The minimum Gasteiger partial charge on any atom is -0.447 e. The van der Waals surface area contributed by atoms with Gasteiger partial charge in [-0.25, -0.2) is 4.98 Å². The number of nitrogen functional groups attached to an aromatic ring is 2. The van der Waals surface area contributed by atoms with E-state index in [0.29, 0.717) is 29.4 Å². The molecule has 4 rings (SSSR count). The standard InChI is InChI=1S/C20H18N4O2S/c1-12-2-4-14(5-3-12)25-19-9-6-15(27-19)10-13-11-17(26-24-13)16-7-8-18(21)23-20(16)22/h2-9,11H,10H2,1H3,(H4,21,22,23). The molecule has 0 bridgehead atoms. The van der Waals surface area contributed by atoms with Gasteiger partial charge in [0, 0.05) is 17.4 Å². The van der Waals surface area contributed by atoms with Crippen LogP contribution >= 0.6 is 11.3 Å². The lowest BCUT2D eigenvalue weighted by Crippen LogP contribution is -1.97. The van der Waals surface area contributed by atoms with Crippen molar-refractivity contribution < 1.29 is 9.26 Å². The van der Waals surface area contributed by atoms with E-state index < -0.39 is 0 Å². The van der Waals surface area contributed by atoms with Crippen molar-refractivity contribution in [2.24, 2.45) is 0 Å². The van der Waals surface area contributed by atoms with E-state index in [-0.39, 0.29) is 0 Å². The molecule has 3 heterocycles. The molecule has 0 aliphatic rings. The molecule has 27 heavy (non-hydrogen) atoms. The first-order chi connectivity index (χ1) is 13.1. The monoisotopic (exact) mass is 378 g/mol. The first-order valence-corrected chi connectivity index (χ1v) is 9.20. The fourth-order valence-corrected chi connectivity index (χ4v) is 3.52. The van der Waals surface area contributed by atoms with Gasteiger partial charge in [-0.3, -0.25) is 0 Å². The molecule has 0 radical (unpaired) electrons. The summed E-state index contributed by atoms with van der Waals surface area (Å²) in [5.74, 6) is 2.09. The number of pyridine rings is 1. The van der Waals surface area contributed by atoms with Gasteiger partial charge in [0.1, 0.15) is 17.4 Å². The van der Waals surface area contributed by atoms with Crippen molar-refractivity contribution in [3.63, 3.8) is 0 Å². The summed E-state index contributed by atoms with van der Waals surface area (Å²) < 4.78 is 11.3. The number of anilines is 2. The van der Waals surface area contributed by atoms with E-state index in [2.05, 4.69) is 10.1 Å². The maximum atomic E-state index is 5.91. The van der Waals surface area contributed by atoms with E-state index in [4.69, 9.17) is 20.7 Å². The summed E-state index contributed by atoms with van der Waals surface area (Å²) in [6, 6.07) is 17.3. The zero-order valence-electron chi connectivity index (χ0n) is 14.7. The molecule has 0 saturated carbocycles. The van der Waals surface area contributed by atoms with Gasteiger partial charge in [0.2, 0.25) is 0 Å². The summed E-state index contributed by atoms with van der Waals surface area (Å²) in [4.78, 5) is 5.17. The van der Waals surface area contributed by atoms with E-state index in [9.17, 15) is 0 Å². The number of nitrogens with zero attached hydrogens (tertiary/aromatic N) is 2. The maximum Gasteiger partial charge on any atom is 0.181 e. The Balaban J connectivity index is 1.46. The van der Waals surface area contributed by atoms with Crippen LogP contribution in [-0.2, 0) is 6.42 Å². The van der Waals surface area contributed by atoms with Crippen LogP contribution in [0, 0.1) is 6.92 Å². The highest BCUT2D eigenvalue weighted by Crippen LogP contribution is 2.32. The van der Waals surface area contributed by atoms with Crippen LogP contribution in [-0.4, -0.2) is 10.1 Å². The van der Waals surface area contributed by atoms with Crippen LogP contribution in [0.5, 0.6) is 10.8 Å². The van der Waals surface area contributed by atoms with E-state index in [0.717, 1.165) is 21.4 Å². The van der Waals surface area contributed by atoms with Gasteiger partial charge >= 0.3 is 0 Å². The van der Waals surface area contributed by atoms with Crippen LogP contribution in [0.25, 0.3) is 11.3 Å². The van der Waals surface area contributed by atoms with Gasteiger partial charge < -0.3 is 20.7 Å². The summed E-state index contributed by atoms with van der Waals surface area (Å²) in [5, 5.41) is 4.97. The molecule has 0 saturated heterocycles. The Morgan fingerprint density at radius 3 is 2.63 bits per heavy atom. The normalized spacial score (nSPS) is 10.9. The fourth-order valence-electron chi connectivity index (χ4n) is 2.63. The third-order valence-electron chi connectivity index (χ3n) is 4.00. The van der Waals surface area contributed by atoms with Gasteiger partial charge in [0.15, 0.2) is 10.8 Å². The number of hydrogen-bond acceptors (Lipinski definition) is 7. The first kappa shape index (κ1) is 17.1. The molecule has 0 aliphatic carbocycles. The Bertz CT molecular complexity index is 1070. The van der Waals surface area contributed by atoms with Crippen molar-refractivity contribution in [1.29, 1.82) is 0 Å². The van der Waals surface area contributed by atoms with Crippen LogP contribution in [0.2, 0.25) is 0 Å². The molecular formula is C20H18N4O2S. The first-order valence-electron chi connectivity index (χ1n) is 8.38.